The molecule has 0 amide bonds. The Morgan fingerprint density at radius 1 is 0.906 bits per heavy atom. The van der Waals surface area contributed by atoms with Gasteiger partial charge >= 0.3 is 0 Å². The third-order valence-corrected chi connectivity index (χ3v) is 6.27. The molecule has 0 unspecified atom stereocenters. The minimum Gasteiger partial charge on any atom is -0.352 e. The number of fused-ring (bicyclic) bond motifs is 1. The number of nitriles is 1. The molecule has 0 aromatic heterocycles. The fourth-order valence-electron chi connectivity index (χ4n) is 4.37. The summed E-state index contributed by atoms with van der Waals surface area (Å²) in [4.78, 5) is 0. The van der Waals surface area contributed by atoms with Crippen LogP contribution in [-0.4, -0.2) is 19.5 Å². The molecule has 3 aromatic carbocycles. The van der Waals surface area contributed by atoms with Gasteiger partial charge < -0.3 is 9.47 Å². The molecule has 32 heavy (non-hydrogen) atoms. The van der Waals surface area contributed by atoms with Crippen LogP contribution in [0.2, 0.25) is 0 Å². The van der Waals surface area contributed by atoms with Gasteiger partial charge in [0.15, 0.2) is 6.29 Å². The Bertz CT molecular complexity index is 1080. The molecular weight excluding hydrogens is 401 g/mol. The van der Waals surface area contributed by atoms with Gasteiger partial charge in [0.1, 0.15) is 5.82 Å². The molecule has 4 rings (SSSR count). The number of hydrogen-bond acceptors (Lipinski definition) is 3. The largest absolute Gasteiger partial charge is 0.352 e. The predicted molar refractivity (Wildman–Crippen MR) is 125 cm³/mol. The van der Waals surface area contributed by atoms with E-state index in [4.69, 9.17) is 14.7 Å². The van der Waals surface area contributed by atoms with Crippen molar-refractivity contribution < 1.29 is 13.9 Å². The summed E-state index contributed by atoms with van der Waals surface area (Å²) in [5, 5.41) is 10.5. The summed E-state index contributed by atoms with van der Waals surface area (Å²) < 4.78 is 26.8. The third kappa shape index (κ3) is 5.54. The van der Waals surface area contributed by atoms with Crippen LogP contribution in [-0.2, 0) is 28.7 Å². The van der Waals surface area contributed by atoms with Gasteiger partial charge in [-0.1, -0.05) is 55.8 Å². The molecule has 0 atom stereocenters. The van der Waals surface area contributed by atoms with Crippen molar-refractivity contribution in [3.8, 4) is 6.07 Å². The smallest absolute Gasteiger partial charge is 0.157 e. The van der Waals surface area contributed by atoms with E-state index in [9.17, 15) is 0 Å². The van der Waals surface area contributed by atoms with Gasteiger partial charge in [-0.05, 0) is 59.9 Å². The molecule has 0 N–H and O–H groups in total. The molecule has 1 aliphatic rings. The predicted octanol–water partition coefficient (Wildman–Crippen LogP) is 6.36. The first-order chi connectivity index (χ1) is 15.7. The summed E-state index contributed by atoms with van der Waals surface area (Å²) in [5.74, 6) is 0.384. The molecule has 1 fully saturated rings. The molecule has 1 heterocycles. The van der Waals surface area contributed by atoms with E-state index < -0.39 is 0 Å². The van der Waals surface area contributed by atoms with Crippen LogP contribution in [0.4, 0.5) is 4.39 Å². The van der Waals surface area contributed by atoms with E-state index in [0.717, 1.165) is 61.8 Å². The lowest BCUT2D eigenvalue weighted by Gasteiger charge is -2.29. The topological polar surface area (TPSA) is 42.2 Å². The van der Waals surface area contributed by atoms with Gasteiger partial charge in [-0.3, -0.25) is 0 Å². The molecule has 1 saturated heterocycles. The highest BCUT2D eigenvalue weighted by molar-refractivity contribution is 5.84. The minimum absolute atomic E-state index is 0.136. The second kappa shape index (κ2) is 10.7. The van der Waals surface area contributed by atoms with Crippen LogP contribution in [0.3, 0.4) is 0 Å². The summed E-state index contributed by atoms with van der Waals surface area (Å²) in [7, 11) is 0. The van der Waals surface area contributed by atoms with Crippen molar-refractivity contribution in [1.82, 2.24) is 0 Å². The van der Waals surface area contributed by atoms with E-state index in [1.54, 1.807) is 12.1 Å². The Morgan fingerprint density at radius 3 is 2.38 bits per heavy atom. The van der Waals surface area contributed by atoms with E-state index in [-0.39, 0.29) is 12.1 Å². The summed E-state index contributed by atoms with van der Waals surface area (Å²) in [5.41, 5.74) is 3.64. The Hall–Kier alpha value is -2.74. The van der Waals surface area contributed by atoms with Gasteiger partial charge in [0, 0.05) is 17.7 Å². The maximum absolute atomic E-state index is 15.1. The monoisotopic (exact) mass is 431 g/mol. The van der Waals surface area contributed by atoms with E-state index in [2.05, 4.69) is 19.1 Å². The van der Waals surface area contributed by atoms with Gasteiger partial charge in [0.25, 0.3) is 0 Å². The zero-order chi connectivity index (χ0) is 22.3. The van der Waals surface area contributed by atoms with E-state index >= 15 is 4.39 Å². The maximum Gasteiger partial charge on any atom is 0.157 e. The van der Waals surface area contributed by atoms with Crippen LogP contribution in [0.15, 0.2) is 54.6 Å². The van der Waals surface area contributed by atoms with Gasteiger partial charge in [-0.25, -0.2) is 4.39 Å². The van der Waals surface area contributed by atoms with Crippen molar-refractivity contribution in [3.05, 3.63) is 82.7 Å². The molecule has 3 aromatic rings. The zero-order valence-corrected chi connectivity index (χ0v) is 18.6. The van der Waals surface area contributed by atoms with Crippen molar-refractivity contribution >= 4 is 10.8 Å². The summed E-state index contributed by atoms with van der Waals surface area (Å²) >= 11 is 0. The van der Waals surface area contributed by atoms with Crippen molar-refractivity contribution in [2.75, 3.05) is 13.2 Å². The summed E-state index contributed by atoms with van der Waals surface area (Å²) in [6, 6.07) is 19.5. The van der Waals surface area contributed by atoms with Crippen molar-refractivity contribution in [1.29, 1.82) is 5.26 Å². The maximum atomic E-state index is 15.1. The number of hydrogen-bond donors (Lipinski definition) is 0. The molecule has 1 aliphatic heterocycles. The van der Waals surface area contributed by atoms with Gasteiger partial charge in [-0.15, -0.1) is 0 Å². The second-order valence-electron chi connectivity index (χ2n) is 8.69. The van der Waals surface area contributed by atoms with Gasteiger partial charge in [-0.2, -0.15) is 5.26 Å². The normalized spacial score (nSPS) is 18.5. The van der Waals surface area contributed by atoms with E-state index in [0.29, 0.717) is 23.3 Å². The number of nitrogens with zero attached hydrogens (tertiary/aromatic N) is 1. The Labute approximate surface area is 189 Å². The van der Waals surface area contributed by atoms with Crippen molar-refractivity contribution in [2.24, 2.45) is 5.92 Å². The standard InChI is InChI=1S/C28H30FNO2/c1-2-3-23-18-31-27(32-19-23)15-10-21-9-14-26-25(16-21)13-12-24(28(26)29)11-8-20-4-6-22(17-30)7-5-20/h4-7,9,12-14,16,23,27H,2-3,8,10-11,15,18-19H2,1H3. The molecule has 0 spiro atoms. The number of rotatable bonds is 8. The van der Waals surface area contributed by atoms with Gasteiger partial charge in [0.2, 0.25) is 0 Å². The third-order valence-electron chi connectivity index (χ3n) is 6.27. The molecule has 166 valence electrons. The molecule has 0 radical (unpaired) electrons. The molecule has 3 nitrogen and oxygen atoms in total. The highest BCUT2D eigenvalue weighted by atomic mass is 19.1. The van der Waals surface area contributed by atoms with E-state index in [1.165, 1.54) is 5.56 Å². The molecule has 0 saturated carbocycles. The quantitative estimate of drug-likeness (QED) is 0.417. The number of benzene rings is 3. The molecule has 0 aliphatic carbocycles. The lowest BCUT2D eigenvalue weighted by Crippen LogP contribution is -2.32. The van der Waals surface area contributed by atoms with Crippen LogP contribution in [0.25, 0.3) is 10.8 Å². The Kier molecular flexibility index (Phi) is 7.52. The van der Waals surface area contributed by atoms with Crippen LogP contribution in [0.1, 0.15) is 48.4 Å². The lowest BCUT2D eigenvalue weighted by molar-refractivity contribution is -0.203. The molecular formula is C28H30FNO2. The van der Waals surface area contributed by atoms with Crippen LogP contribution >= 0.6 is 0 Å². The van der Waals surface area contributed by atoms with E-state index in [1.807, 2.05) is 36.4 Å². The average molecular weight is 432 g/mol. The fraction of sp³-hybridized carbons (Fsp3) is 0.393. The van der Waals surface area contributed by atoms with Gasteiger partial charge in [0.05, 0.1) is 24.8 Å². The molecule has 4 heteroatoms. The van der Waals surface area contributed by atoms with Crippen molar-refractivity contribution in [3.63, 3.8) is 0 Å². The van der Waals surface area contributed by atoms with Crippen LogP contribution in [0, 0.1) is 23.1 Å². The summed E-state index contributed by atoms with van der Waals surface area (Å²) in [6.45, 7) is 3.76. The minimum atomic E-state index is -0.139. The number of halogens is 1. The lowest BCUT2D eigenvalue weighted by atomic mass is 9.98. The first-order valence-corrected chi connectivity index (χ1v) is 11.6. The fourth-order valence-corrected chi connectivity index (χ4v) is 4.37. The SMILES string of the molecule is CCCC1COC(CCc2ccc3c(F)c(CCc4ccc(C#N)cc4)ccc3c2)OC1. The number of aryl methyl sites for hydroxylation is 3. The van der Waals surface area contributed by atoms with Crippen molar-refractivity contribution in [2.45, 2.75) is 51.7 Å². The Balaban J connectivity index is 1.36. The van der Waals surface area contributed by atoms with Crippen LogP contribution < -0.4 is 0 Å². The molecule has 0 bridgehead atoms. The highest BCUT2D eigenvalue weighted by Gasteiger charge is 2.21. The summed E-state index contributed by atoms with van der Waals surface area (Å²) in [6.07, 6.45) is 5.21. The average Bonchev–Trinajstić information content (AvgIpc) is 2.84. The highest BCUT2D eigenvalue weighted by Crippen LogP contribution is 2.25. The Morgan fingerprint density at radius 2 is 1.66 bits per heavy atom. The first-order valence-electron chi connectivity index (χ1n) is 11.6. The van der Waals surface area contributed by atoms with Crippen LogP contribution in [0.5, 0.6) is 0 Å². The zero-order valence-electron chi connectivity index (χ0n) is 18.6. The number of ether oxygens (including phenoxy) is 2. The first kappa shape index (κ1) is 22.5. The second-order valence-corrected chi connectivity index (χ2v) is 8.69.